The van der Waals surface area contributed by atoms with E-state index < -0.39 is 12.0 Å². The van der Waals surface area contributed by atoms with Gasteiger partial charge in [0, 0.05) is 12.0 Å². The number of hydrogen-bond acceptors (Lipinski definition) is 3. The summed E-state index contributed by atoms with van der Waals surface area (Å²) >= 11 is 0. The summed E-state index contributed by atoms with van der Waals surface area (Å²) in [5.41, 5.74) is 0.664. The van der Waals surface area contributed by atoms with Gasteiger partial charge in [-0.3, -0.25) is 9.59 Å². The van der Waals surface area contributed by atoms with Gasteiger partial charge in [0.05, 0.1) is 0 Å². The molecule has 0 aliphatic carbocycles. The van der Waals surface area contributed by atoms with E-state index in [0.717, 1.165) is 0 Å². The lowest BCUT2D eigenvalue weighted by molar-refractivity contribution is -0.139. The summed E-state index contributed by atoms with van der Waals surface area (Å²) in [7, 11) is 0. The number of amides is 1. The van der Waals surface area contributed by atoms with Gasteiger partial charge in [0.1, 0.15) is 6.04 Å². The smallest absolute Gasteiger partial charge is 0.326 e. The predicted octanol–water partition coefficient (Wildman–Crippen LogP) is 1.54. The molecule has 1 amide bonds. The van der Waals surface area contributed by atoms with Crippen LogP contribution in [0.5, 0.6) is 0 Å². The third kappa shape index (κ3) is 5.33. The summed E-state index contributed by atoms with van der Waals surface area (Å²) in [4.78, 5) is 32.6. The standard InChI is InChI=1S/C14H16NO4/c16-10-15-12(14(18)19)8-4-5-9-13(17)11-6-2-1-3-7-11/h1-3,6-7,12H,4-5,8-9H2,(H,15,16)(H,18,19). The molecule has 1 aromatic carbocycles. The van der Waals surface area contributed by atoms with Crippen molar-refractivity contribution in [2.24, 2.45) is 0 Å². The van der Waals surface area contributed by atoms with E-state index >= 15 is 0 Å². The van der Waals surface area contributed by atoms with Gasteiger partial charge in [0.25, 0.3) is 0 Å². The van der Waals surface area contributed by atoms with Crippen LogP contribution in [0.4, 0.5) is 0 Å². The zero-order valence-electron chi connectivity index (χ0n) is 10.5. The Labute approximate surface area is 111 Å². The van der Waals surface area contributed by atoms with Crippen LogP contribution in [0.3, 0.4) is 0 Å². The average Bonchev–Trinajstić information content (AvgIpc) is 2.42. The maximum absolute atomic E-state index is 11.8. The van der Waals surface area contributed by atoms with Crippen molar-refractivity contribution in [3.8, 4) is 0 Å². The van der Waals surface area contributed by atoms with Crippen LogP contribution < -0.4 is 5.32 Å². The van der Waals surface area contributed by atoms with Crippen LogP contribution in [-0.4, -0.2) is 29.3 Å². The highest BCUT2D eigenvalue weighted by atomic mass is 16.4. The summed E-state index contributed by atoms with van der Waals surface area (Å²) in [6.07, 6.45) is 3.21. The van der Waals surface area contributed by atoms with Gasteiger partial charge in [0.15, 0.2) is 5.78 Å². The van der Waals surface area contributed by atoms with Crippen molar-refractivity contribution in [2.75, 3.05) is 0 Å². The summed E-state index contributed by atoms with van der Waals surface area (Å²) in [6, 6.07) is 8.03. The molecule has 5 heteroatoms. The number of rotatable bonds is 9. The first kappa shape index (κ1) is 14.9. The monoisotopic (exact) mass is 262 g/mol. The second-order valence-corrected chi connectivity index (χ2v) is 4.17. The SMILES string of the molecule is O=[C]NC(CCCCC(=O)c1ccccc1)C(=O)O. The Morgan fingerprint density at radius 2 is 1.89 bits per heavy atom. The fourth-order valence-electron chi connectivity index (χ4n) is 1.73. The van der Waals surface area contributed by atoms with Crippen molar-refractivity contribution in [3.63, 3.8) is 0 Å². The molecule has 2 N–H and O–H groups in total. The Kier molecular flexibility index (Phi) is 6.29. The number of nitrogens with one attached hydrogen (secondary N) is 1. The van der Waals surface area contributed by atoms with Crippen molar-refractivity contribution < 1.29 is 19.5 Å². The normalized spacial score (nSPS) is 11.6. The Balaban J connectivity index is 2.29. The minimum absolute atomic E-state index is 0.0439. The number of ketones is 1. The Morgan fingerprint density at radius 1 is 1.21 bits per heavy atom. The first-order chi connectivity index (χ1) is 9.15. The van der Waals surface area contributed by atoms with Gasteiger partial charge in [-0.15, -0.1) is 0 Å². The van der Waals surface area contributed by atoms with E-state index in [0.29, 0.717) is 31.2 Å². The number of benzene rings is 1. The van der Waals surface area contributed by atoms with Gasteiger partial charge in [-0.1, -0.05) is 36.8 Å². The second kappa shape index (κ2) is 8.02. The molecular formula is C14H16NO4. The van der Waals surface area contributed by atoms with Crippen LogP contribution in [0.15, 0.2) is 30.3 Å². The van der Waals surface area contributed by atoms with E-state index in [1.54, 1.807) is 24.3 Å². The molecule has 0 spiro atoms. The van der Waals surface area contributed by atoms with Gasteiger partial charge < -0.3 is 10.4 Å². The summed E-state index contributed by atoms with van der Waals surface area (Å²) in [5.74, 6) is -1.04. The Bertz CT molecular complexity index is 430. The van der Waals surface area contributed by atoms with E-state index in [-0.39, 0.29) is 5.78 Å². The largest absolute Gasteiger partial charge is 0.480 e. The van der Waals surface area contributed by atoms with Crippen molar-refractivity contribution in [3.05, 3.63) is 35.9 Å². The highest BCUT2D eigenvalue weighted by molar-refractivity contribution is 5.95. The molecule has 0 fully saturated rings. The zero-order chi connectivity index (χ0) is 14.1. The minimum atomic E-state index is -1.09. The van der Waals surface area contributed by atoms with E-state index in [4.69, 9.17) is 5.11 Å². The third-order valence-electron chi connectivity index (χ3n) is 2.77. The third-order valence-corrected chi connectivity index (χ3v) is 2.77. The average molecular weight is 262 g/mol. The number of carboxylic acids is 1. The molecule has 0 aliphatic heterocycles. The second-order valence-electron chi connectivity index (χ2n) is 4.17. The van der Waals surface area contributed by atoms with E-state index in [1.807, 2.05) is 6.07 Å². The zero-order valence-corrected chi connectivity index (χ0v) is 10.5. The number of carboxylic acid groups (broad SMARTS) is 1. The molecule has 101 valence electrons. The molecule has 0 heterocycles. The lowest BCUT2D eigenvalue weighted by Crippen LogP contribution is -2.35. The topological polar surface area (TPSA) is 83.5 Å². The van der Waals surface area contributed by atoms with Crippen molar-refractivity contribution in [1.82, 2.24) is 5.32 Å². The molecule has 19 heavy (non-hydrogen) atoms. The predicted molar refractivity (Wildman–Crippen MR) is 69.5 cm³/mol. The van der Waals surface area contributed by atoms with E-state index in [9.17, 15) is 14.4 Å². The maximum Gasteiger partial charge on any atom is 0.326 e. The molecule has 0 saturated heterocycles. The van der Waals surface area contributed by atoms with Crippen LogP contribution in [0, 0.1) is 0 Å². The van der Waals surface area contributed by atoms with E-state index in [1.165, 1.54) is 6.41 Å². The molecule has 0 saturated carbocycles. The number of unbranched alkanes of at least 4 members (excludes halogenated alkanes) is 1. The van der Waals surface area contributed by atoms with Crippen LogP contribution in [-0.2, 0) is 9.59 Å². The maximum atomic E-state index is 11.8. The molecule has 1 unspecified atom stereocenters. The Morgan fingerprint density at radius 3 is 2.47 bits per heavy atom. The van der Waals surface area contributed by atoms with Gasteiger partial charge in [-0.25, -0.2) is 4.79 Å². The number of Topliss-reactive ketones (excluding diaryl/α,β-unsaturated/α-hetero) is 1. The fraction of sp³-hybridized carbons (Fsp3) is 0.357. The molecule has 5 nitrogen and oxygen atoms in total. The van der Waals surface area contributed by atoms with Crippen molar-refractivity contribution >= 4 is 18.2 Å². The van der Waals surface area contributed by atoms with Crippen molar-refractivity contribution in [2.45, 2.75) is 31.7 Å². The lowest BCUT2D eigenvalue weighted by Gasteiger charge is -2.09. The van der Waals surface area contributed by atoms with Crippen molar-refractivity contribution in [1.29, 1.82) is 0 Å². The van der Waals surface area contributed by atoms with Gasteiger partial charge in [0.2, 0.25) is 0 Å². The lowest BCUT2D eigenvalue weighted by atomic mass is 10.0. The molecule has 0 bridgehead atoms. The number of aliphatic carboxylic acids is 1. The molecule has 1 aromatic rings. The van der Waals surface area contributed by atoms with Crippen LogP contribution in [0.1, 0.15) is 36.0 Å². The quantitative estimate of drug-likeness (QED) is 0.401. The Hall–Kier alpha value is -2.17. The van der Waals surface area contributed by atoms with Crippen LogP contribution in [0.2, 0.25) is 0 Å². The highest BCUT2D eigenvalue weighted by Crippen LogP contribution is 2.09. The molecular weight excluding hydrogens is 246 g/mol. The fourth-order valence-corrected chi connectivity index (χ4v) is 1.73. The molecule has 1 rings (SSSR count). The first-order valence-electron chi connectivity index (χ1n) is 6.09. The molecule has 0 aromatic heterocycles. The van der Waals surface area contributed by atoms with Crippen LogP contribution >= 0.6 is 0 Å². The summed E-state index contributed by atoms with van der Waals surface area (Å²) in [6.45, 7) is 0. The van der Waals surface area contributed by atoms with Gasteiger partial charge in [-0.05, 0) is 12.8 Å². The van der Waals surface area contributed by atoms with Crippen LogP contribution in [0.25, 0.3) is 0 Å². The number of carbonyl (C=O) groups is 2. The number of hydrogen-bond donors (Lipinski definition) is 2. The van der Waals surface area contributed by atoms with Gasteiger partial charge >= 0.3 is 12.4 Å². The minimum Gasteiger partial charge on any atom is -0.480 e. The summed E-state index contributed by atoms with van der Waals surface area (Å²) < 4.78 is 0. The molecule has 1 radical (unpaired) electrons. The molecule has 1 atom stereocenters. The highest BCUT2D eigenvalue weighted by Gasteiger charge is 2.16. The first-order valence-corrected chi connectivity index (χ1v) is 6.09. The summed E-state index contributed by atoms with van der Waals surface area (Å²) in [5, 5.41) is 10.9. The number of carbonyl (C=O) groups excluding carboxylic acids is 2. The van der Waals surface area contributed by atoms with Gasteiger partial charge in [-0.2, -0.15) is 0 Å². The van der Waals surface area contributed by atoms with E-state index in [2.05, 4.69) is 5.32 Å². The molecule has 0 aliphatic rings.